The van der Waals surface area contributed by atoms with Gasteiger partial charge in [-0.2, -0.15) is 0 Å². The van der Waals surface area contributed by atoms with Crippen LogP contribution in [0.1, 0.15) is 38.8 Å². The van der Waals surface area contributed by atoms with Gasteiger partial charge in [-0.3, -0.25) is 9.20 Å². The van der Waals surface area contributed by atoms with Gasteiger partial charge in [-0.05, 0) is 45.2 Å². The van der Waals surface area contributed by atoms with E-state index in [-0.39, 0.29) is 4.75 Å². The van der Waals surface area contributed by atoms with Crippen molar-refractivity contribution in [1.82, 2.24) is 10.2 Å². The number of aliphatic imine (C=N–C) groups is 1. The minimum atomic E-state index is -0.852. The molecular formula is C18H29N3OS. The number of benzene rings is 1. The van der Waals surface area contributed by atoms with Gasteiger partial charge in [0.15, 0.2) is 5.96 Å². The third-order valence-corrected chi connectivity index (χ3v) is 5.91. The van der Waals surface area contributed by atoms with Gasteiger partial charge >= 0.3 is 0 Å². The van der Waals surface area contributed by atoms with Crippen molar-refractivity contribution >= 4 is 16.8 Å². The first-order chi connectivity index (χ1) is 10.9. The zero-order chi connectivity index (χ0) is 16.9. The Hall–Kier alpha value is -1.36. The van der Waals surface area contributed by atoms with Crippen LogP contribution in [0.4, 0.5) is 0 Å². The van der Waals surface area contributed by atoms with Gasteiger partial charge in [0.2, 0.25) is 0 Å². The molecule has 4 nitrogen and oxygen atoms in total. The third kappa shape index (κ3) is 5.06. The van der Waals surface area contributed by atoms with Crippen LogP contribution in [0.3, 0.4) is 0 Å². The molecule has 0 aliphatic carbocycles. The molecule has 0 aromatic heterocycles. The average Bonchev–Trinajstić information content (AvgIpc) is 2.52. The second kappa shape index (κ2) is 7.95. The zero-order valence-electron chi connectivity index (χ0n) is 14.8. The van der Waals surface area contributed by atoms with Crippen LogP contribution >= 0.6 is 0 Å². The maximum atomic E-state index is 12.2. The number of rotatable bonds is 4. The van der Waals surface area contributed by atoms with Gasteiger partial charge in [-0.15, -0.1) is 0 Å². The lowest BCUT2D eigenvalue weighted by Gasteiger charge is -2.31. The van der Waals surface area contributed by atoms with Crippen LogP contribution in [0.15, 0.2) is 29.3 Å². The maximum Gasteiger partial charge on any atom is 0.194 e. The van der Waals surface area contributed by atoms with E-state index in [1.54, 1.807) is 0 Å². The summed E-state index contributed by atoms with van der Waals surface area (Å²) >= 11 is 0. The Labute approximate surface area is 142 Å². The Morgan fingerprint density at radius 1 is 1.30 bits per heavy atom. The Morgan fingerprint density at radius 2 is 2.00 bits per heavy atom. The van der Waals surface area contributed by atoms with Crippen molar-refractivity contribution in [2.75, 3.05) is 25.4 Å². The molecule has 1 atom stereocenters. The summed E-state index contributed by atoms with van der Waals surface area (Å²) < 4.78 is 12.0. The van der Waals surface area contributed by atoms with Crippen molar-refractivity contribution in [2.45, 2.75) is 45.4 Å². The Bertz CT molecular complexity index is 578. The molecule has 1 aromatic carbocycles. The highest BCUT2D eigenvalue weighted by molar-refractivity contribution is 7.86. The van der Waals surface area contributed by atoms with Crippen molar-refractivity contribution in [3.8, 4) is 0 Å². The number of hydrogen-bond acceptors (Lipinski definition) is 2. The Balaban J connectivity index is 2.01. The van der Waals surface area contributed by atoms with Crippen LogP contribution in [0.5, 0.6) is 0 Å². The van der Waals surface area contributed by atoms with Gasteiger partial charge in [0.1, 0.15) is 0 Å². The number of nitrogens with one attached hydrogen (secondary N) is 1. The molecule has 1 aliphatic heterocycles. The molecule has 0 bridgehead atoms. The Morgan fingerprint density at radius 3 is 2.65 bits per heavy atom. The molecule has 1 aromatic rings. The van der Waals surface area contributed by atoms with E-state index in [9.17, 15) is 4.21 Å². The monoisotopic (exact) mass is 335 g/mol. The summed E-state index contributed by atoms with van der Waals surface area (Å²) in [5.74, 6) is 1.55. The highest BCUT2D eigenvalue weighted by atomic mass is 32.2. The molecule has 128 valence electrons. The predicted octanol–water partition coefficient (Wildman–Crippen LogP) is 2.56. The zero-order valence-corrected chi connectivity index (χ0v) is 15.6. The van der Waals surface area contributed by atoms with Gasteiger partial charge in [0.25, 0.3) is 0 Å². The number of guanidine groups is 1. The van der Waals surface area contributed by atoms with E-state index in [1.165, 1.54) is 11.1 Å². The van der Waals surface area contributed by atoms with E-state index in [0.29, 0.717) is 12.3 Å². The fourth-order valence-electron chi connectivity index (χ4n) is 2.64. The van der Waals surface area contributed by atoms with Crippen LogP contribution in [-0.2, 0) is 23.8 Å². The molecular weight excluding hydrogens is 306 g/mol. The minimum absolute atomic E-state index is 0.169. The molecule has 0 fully saturated rings. The fourth-order valence-corrected chi connectivity index (χ4v) is 3.51. The van der Waals surface area contributed by atoms with Crippen LogP contribution in [0.2, 0.25) is 0 Å². The molecule has 5 heteroatoms. The molecule has 0 spiro atoms. The Kier molecular flexibility index (Phi) is 6.22. The summed E-state index contributed by atoms with van der Waals surface area (Å²) in [7, 11) is -0.852. The first kappa shape index (κ1) is 18.0. The summed E-state index contributed by atoms with van der Waals surface area (Å²) in [5.41, 5.74) is 2.82. The number of hydrogen-bond donors (Lipinski definition) is 1. The highest BCUT2D eigenvalue weighted by Crippen LogP contribution is 2.18. The predicted molar refractivity (Wildman–Crippen MR) is 99.3 cm³/mol. The SMILES string of the molecule is CCNC(=NCCS(=O)C(C)(C)C)N1CCc2ccccc2C1. The minimum Gasteiger partial charge on any atom is -0.357 e. The number of nitrogens with zero attached hydrogens (tertiary/aromatic N) is 2. The molecule has 2 rings (SSSR count). The standard InChI is InChI=1S/C18H29N3OS/c1-5-19-17(20-11-13-23(22)18(2,3)4)21-12-10-15-8-6-7-9-16(15)14-21/h6-9H,5,10-14H2,1-4H3,(H,19,20). The normalized spacial score (nSPS) is 16.9. The van der Waals surface area contributed by atoms with Gasteiger partial charge in [0.05, 0.1) is 6.54 Å². The molecule has 1 unspecified atom stereocenters. The van der Waals surface area contributed by atoms with Crippen LogP contribution in [-0.4, -0.2) is 45.2 Å². The lowest BCUT2D eigenvalue weighted by Crippen LogP contribution is -2.44. The van der Waals surface area contributed by atoms with Gasteiger partial charge in [0, 0.05) is 40.9 Å². The van der Waals surface area contributed by atoms with Crippen molar-refractivity contribution in [1.29, 1.82) is 0 Å². The van der Waals surface area contributed by atoms with E-state index in [1.807, 2.05) is 20.8 Å². The molecule has 0 saturated heterocycles. The second-order valence-electron chi connectivity index (χ2n) is 6.84. The van der Waals surface area contributed by atoms with E-state index >= 15 is 0 Å². The molecule has 0 amide bonds. The van der Waals surface area contributed by atoms with Crippen LogP contribution < -0.4 is 5.32 Å². The number of fused-ring (bicyclic) bond motifs is 1. The van der Waals surface area contributed by atoms with Crippen LogP contribution in [0, 0.1) is 0 Å². The fraction of sp³-hybridized carbons (Fsp3) is 0.611. The van der Waals surface area contributed by atoms with Crippen molar-refractivity contribution in [3.05, 3.63) is 35.4 Å². The van der Waals surface area contributed by atoms with Crippen molar-refractivity contribution in [2.24, 2.45) is 4.99 Å². The third-order valence-electron chi connectivity index (χ3n) is 3.99. The quantitative estimate of drug-likeness (QED) is 0.679. The molecule has 23 heavy (non-hydrogen) atoms. The topological polar surface area (TPSA) is 44.7 Å². The lowest BCUT2D eigenvalue weighted by atomic mass is 10.0. The van der Waals surface area contributed by atoms with Crippen molar-refractivity contribution < 1.29 is 4.21 Å². The van der Waals surface area contributed by atoms with E-state index < -0.39 is 10.8 Å². The summed E-state index contributed by atoms with van der Waals surface area (Å²) in [6, 6.07) is 8.61. The summed E-state index contributed by atoms with van der Waals surface area (Å²) in [6.45, 7) is 11.4. The average molecular weight is 336 g/mol. The largest absolute Gasteiger partial charge is 0.357 e. The molecule has 1 heterocycles. The summed E-state index contributed by atoms with van der Waals surface area (Å²) in [4.78, 5) is 7.00. The van der Waals surface area contributed by atoms with Crippen LogP contribution in [0.25, 0.3) is 0 Å². The molecule has 1 aliphatic rings. The smallest absolute Gasteiger partial charge is 0.194 e. The second-order valence-corrected chi connectivity index (χ2v) is 9.16. The van der Waals surface area contributed by atoms with E-state index in [0.717, 1.165) is 32.0 Å². The first-order valence-corrected chi connectivity index (χ1v) is 9.72. The molecule has 0 saturated carbocycles. The maximum absolute atomic E-state index is 12.2. The molecule has 1 N–H and O–H groups in total. The summed E-state index contributed by atoms with van der Waals surface area (Å²) in [5, 5.41) is 3.37. The van der Waals surface area contributed by atoms with Crippen molar-refractivity contribution in [3.63, 3.8) is 0 Å². The van der Waals surface area contributed by atoms with Gasteiger partial charge in [-0.25, -0.2) is 0 Å². The van der Waals surface area contributed by atoms with Gasteiger partial charge < -0.3 is 10.2 Å². The lowest BCUT2D eigenvalue weighted by molar-refractivity contribution is 0.379. The first-order valence-electron chi connectivity index (χ1n) is 8.40. The van der Waals surface area contributed by atoms with E-state index in [2.05, 4.69) is 41.4 Å². The highest BCUT2D eigenvalue weighted by Gasteiger charge is 2.20. The van der Waals surface area contributed by atoms with E-state index in [4.69, 9.17) is 4.99 Å². The van der Waals surface area contributed by atoms with Gasteiger partial charge in [-0.1, -0.05) is 24.3 Å². The molecule has 0 radical (unpaired) electrons. The summed E-state index contributed by atoms with van der Waals surface area (Å²) in [6.07, 6.45) is 1.05.